The molecule has 1 aliphatic heterocycles. The van der Waals surface area contributed by atoms with E-state index in [1.807, 2.05) is 70.2 Å². The molecule has 1 amide bonds. The lowest BCUT2D eigenvalue weighted by Gasteiger charge is -2.26. The molecule has 182 valence electrons. The molecule has 6 heteroatoms. The van der Waals surface area contributed by atoms with Crippen molar-refractivity contribution in [3.05, 3.63) is 100 Å². The third kappa shape index (κ3) is 3.85. The molecular weight excluding hydrogens is 452 g/mol. The van der Waals surface area contributed by atoms with E-state index in [9.17, 15) is 14.7 Å². The zero-order valence-corrected chi connectivity index (χ0v) is 20.8. The van der Waals surface area contributed by atoms with E-state index in [0.29, 0.717) is 23.6 Å². The predicted molar refractivity (Wildman–Crippen MR) is 141 cm³/mol. The Hall–Kier alpha value is -4.32. The predicted octanol–water partition coefficient (Wildman–Crippen LogP) is 6.12. The summed E-state index contributed by atoms with van der Waals surface area (Å²) in [7, 11) is 0. The number of benzene rings is 3. The second-order valence-corrected chi connectivity index (χ2v) is 9.18. The van der Waals surface area contributed by atoms with E-state index in [-0.39, 0.29) is 11.3 Å². The smallest absolute Gasteiger partial charge is 0.300 e. The first-order chi connectivity index (χ1) is 17.3. The van der Waals surface area contributed by atoms with Gasteiger partial charge in [0.2, 0.25) is 0 Å². The highest BCUT2D eigenvalue weighted by Crippen LogP contribution is 2.45. The van der Waals surface area contributed by atoms with Crippen LogP contribution in [-0.2, 0) is 9.59 Å². The average molecular weight is 481 g/mol. The van der Waals surface area contributed by atoms with Crippen molar-refractivity contribution in [3.63, 3.8) is 0 Å². The van der Waals surface area contributed by atoms with E-state index in [1.54, 1.807) is 24.3 Å². The number of ether oxygens (including phenoxy) is 1. The van der Waals surface area contributed by atoms with Gasteiger partial charge in [0.05, 0.1) is 18.2 Å². The lowest BCUT2D eigenvalue weighted by atomic mass is 9.93. The van der Waals surface area contributed by atoms with Crippen LogP contribution in [0.3, 0.4) is 0 Å². The van der Waals surface area contributed by atoms with Crippen molar-refractivity contribution < 1.29 is 19.4 Å². The number of aryl methyl sites for hydroxylation is 3. The SMILES string of the molecule is CCOc1ccc(/C(O)=C2\C(=O)C(=O)N(c3cc(C)cc(C)c3)C2c2c(C)[nH]c3ccccc23)cc1. The monoisotopic (exact) mass is 480 g/mol. The van der Waals surface area contributed by atoms with E-state index >= 15 is 0 Å². The summed E-state index contributed by atoms with van der Waals surface area (Å²) in [6, 6.07) is 19.7. The van der Waals surface area contributed by atoms with Crippen LogP contribution in [-0.4, -0.2) is 28.4 Å². The van der Waals surface area contributed by atoms with Crippen LogP contribution in [0.2, 0.25) is 0 Å². The molecular formula is C30H28N2O4. The molecule has 1 aliphatic rings. The van der Waals surface area contributed by atoms with E-state index < -0.39 is 17.7 Å². The van der Waals surface area contributed by atoms with Crippen molar-refractivity contribution in [1.29, 1.82) is 0 Å². The van der Waals surface area contributed by atoms with Gasteiger partial charge >= 0.3 is 0 Å². The standard InChI is InChI=1S/C30H28N2O4/c1-5-36-22-12-10-20(11-13-22)28(33)26-27(25-19(4)31-24-9-7-6-8-23(24)25)32(30(35)29(26)34)21-15-17(2)14-18(3)16-21/h6-16,27,31,33H,5H2,1-4H3/b28-26+. The average Bonchev–Trinajstić information content (AvgIpc) is 3.31. The number of rotatable bonds is 5. The fraction of sp³-hybridized carbons (Fsp3) is 0.200. The maximum absolute atomic E-state index is 13.6. The Labute approximate surface area is 209 Å². The summed E-state index contributed by atoms with van der Waals surface area (Å²) in [5.74, 6) is -0.927. The van der Waals surface area contributed by atoms with Crippen LogP contribution in [0.15, 0.2) is 72.3 Å². The maximum atomic E-state index is 13.6. The Morgan fingerprint density at radius 3 is 2.31 bits per heavy atom. The van der Waals surface area contributed by atoms with Crippen molar-refractivity contribution in [3.8, 4) is 5.75 Å². The van der Waals surface area contributed by atoms with Crippen LogP contribution in [0.5, 0.6) is 5.75 Å². The molecule has 0 radical (unpaired) electrons. The number of hydrogen-bond acceptors (Lipinski definition) is 4. The van der Waals surface area contributed by atoms with Crippen molar-refractivity contribution in [2.45, 2.75) is 33.7 Å². The van der Waals surface area contributed by atoms with E-state index in [2.05, 4.69) is 4.98 Å². The summed E-state index contributed by atoms with van der Waals surface area (Å²) < 4.78 is 5.51. The molecule has 2 N–H and O–H groups in total. The first-order valence-electron chi connectivity index (χ1n) is 12.0. The molecule has 3 aromatic carbocycles. The van der Waals surface area contributed by atoms with E-state index in [4.69, 9.17) is 4.74 Å². The van der Waals surface area contributed by atoms with Gasteiger partial charge in [-0.1, -0.05) is 24.3 Å². The molecule has 0 bridgehead atoms. The number of aliphatic hydroxyl groups is 1. The summed E-state index contributed by atoms with van der Waals surface area (Å²) in [5, 5.41) is 12.4. The first-order valence-corrected chi connectivity index (χ1v) is 12.0. The number of hydrogen-bond donors (Lipinski definition) is 2. The van der Waals surface area contributed by atoms with Gasteiger partial charge < -0.3 is 14.8 Å². The quantitative estimate of drug-likeness (QED) is 0.205. The van der Waals surface area contributed by atoms with Crippen LogP contribution in [0.25, 0.3) is 16.7 Å². The minimum absolute atomic E-state index is 0.0659. The van der Waals surface area contributed by atoms with E-state index in [0.717, 1.165) is 33.3 Å². The highest BCUT2D eigenvalue weighted by Gasteiger charge is 2.48. The molecule has 36 heavy (non-hydrogen) atoms. The molecule has 2 heterocycles. The second kappa shape index (κ2) is 9.04. The van der Waals surface area contributed by atoms with Crippen molar-refractivity contribution in [2.75, 3.05) is 11.5 Å². The molecule has 0 spiro atoms. The van der Waals surface area contributed by atoms with Crippen molar-refractivity contribution >= 4 is 34.0 Å². The number of aromatic amines is 1. The van der Waals surface area contributed by atoms with Gasteiger partial charge in [0.25, 0.3) is 11.7 Å². The number of H-pyrrole nitrogens is 1. The highest BCUT2D eigenvalue weighted by atomic mass is 16.5. The number of ketones is 1. The molecule has 0 saturated carbocycles. The van der Waals surface area contributed by atoms with Gasteiger partial charge in [-0.15, -0.1) is 0 Å². The van der Waals surface area contributed by atoms with Gasteiger partial charge in [-0.2, -0.15) is 0 Å². The minimum atomic E-state index is -0.797. The van der Waals surface area contributed by atoms with Crippen molar-refractivity contribution in [2.24, 2.45) is 0 Å². The van der Waals surface area contributed by atoms with Gasteiger partial charge in [0.1, 0.15) is 11.5 Å². The fourth-order valence-electron chi connectivity index (χ4n) is 5.14. The fourth-order valence-corrected chi connectivity index (χ4v) is 5.14. The number of Topliss-reactive ketones (excluding diaryl/α,β-unsaturated/α-hetero) is 1. The number of para-hydroxylation sites is 1. The topological polar surface area (TPSA) is 82.6 Å². The molecule has 0 aliphatic carbocycles. The molecule has 1 atom stereocenters. The minimum Gasteiger partial charge on any atom is -0.507 e. The molecule has 6 nitrogen and oxygen atoms in total. The summed E-state index contributed by atoms with van der Waals surface area (Å²) in [6.45, 7) is 8.25. The third-order valence-corrected chi connectivity index (χ3v) is 6.58. The summed E-state index contributed by atoms with van der Waals surface area (Å²) in [4.78, 5) is 32.0. The maximum Gasteiger partial charge on any atom is 0.300 e. The largest absolute Gasteiger partial charge is 0.507 e. The van der Waals surface area contributed by atoms with Crippen LogP contribution >= 0.6 is 0 Å². The molecule has 1 unspecified atom stereocenters. The normalized spacial score (nSPS) is 17.2. The number of aliphatic hydroxyl groups excluding tert-OH is 1. The number of nitrogens with one attached hydrogen (secondary N) is 1. The number of amides is 1. The number of fused-ring (bicyclic) bond motifs is 1. The van der Waals surface area contributed by atoms with Gasteiger partial charge in [-0.3, -0.25) is 14.5 Å². The van der Waals surface area contributed by atoms with E-state index in [1.165, 1.54) is 4.90 Å². The number of aromatic nitrogens is 1. The summed E-state index contributed by atoms with van der Waals surface area (Å²) in [5.41, 5.74) is 5.61. The zero-order chi connectivity index (χ0) is 25.6. The molecule has 1 aromatic heterocycles. The number of anilines is 1. The Balaban J connectivity index is 1.78. The Morgan fingerprint density at radius 1 is 0.972 bits per heavy atom. The number of carbonyl (C=O) groups is 2. The number of carbonyl (C=O) groups excluding carboxylic acids is 2. The van der Waals surface area contributed by atoms with Crippen LogP contribution in [0.1, 0.15) is 40.9 Å². The Bertz CT molecular complexity index is 1510. The van der Waals surface area contributed by atoms with Gasteiger partial charge in [0, 0.05) is 33.4 Å². The summed E-state index contributed by atoms with van der Waals surface area (Å²) in [6.07, 6.45) is 0. The van der Waals surface area contributed by atoms with Crippen LogP contribution in [0.4, 0.5) is 5.69 Å². The third-order valence-electron chi connectivity index (χ3n) is 6.58. The lowest BCUT2D eigenvalue weighted by molar-refractivity contribution is -0.132. The van der Waals surface area contributed by atoms with Crippen molar-refractivity contribution in [1.82, 2.24) is 4.98 Å². The summed E-state index contributed by atoms with van der Waals surface area (Å²) >= 11 is 0. The first kappa shape index (κ1) is 23.4. The second-order valence-electron chi connectivity index (χ2n) is 9.18. The Morgan fingerprint density at radius 2 is 1.64 bits per heavy atom. The van der Waals surface area contributed by atoms with Gasteiger partial charge in [0.15, 0.2) is 0 Å². The highest BCUT2D eigenvalue weighted by molar-refractivity contribution is 6.52. The molecule has 1 saturated heterocycles. The molecule has 4 aromatic rings. The van der Waals surface area contributed by atoms with Crippen LogP contribution in [0, 0.1) is 20.8 Å². The Kier molecular flexibility index (Phi) is 5.88. The van der Waals surface area contributed by atoms with Gasteiger partial charge in [-0.05, 0) is 81.3 Å². The molecule has 1 fully saturated rings. The molecule has 5 rings (SSSR count). The number of nitrogens with zero attached hydrogens (tertiary/aromatic N) is 1. The zero-order valence-electron chi connectivity index (χ0n) is 20.8. The van der Waals surface area contributed by atoms with Crippen LogP contribution < -0.4 is 9.64 Å². The lowest BCUT2D eigenvalue weighted by Crippen LogP contribution is -2.29. The van der Waals surface area contributed by atoms with Gasteiger partial charge in [-0.25, -0.2) is 0 Å².